The lowest BCUT2D eigenvalue weighted by atomic mass is 10.1. The number of hydrogen-bond acceptors (Lipinski definition) is 2. The summed E-state index contributed by atoms with van der Waals surface area (Å²) in [5, 5.41) is 13.7. The zero-order valence-electron chi connectivity index (χ0n) is 10.6. The van der Waals surface area contributed by atoms with E-state index in [0.717, 1.165) is 23.5 Å². The Morgan fingerprint density at radius 2 is 1.76 bits per heavy atom. The Balaban J connectivity index is 2.27. The number of aromatic nitrogens is 2. The molecule has 3 nitrogen and oxygen atoms in total. The van der Waals surface area contributed by atoms with Crippen LogP contribution in [-0.2, 0) is 13.2 Å². The van der Waals surface area contributed by atoms with Gasteiger partial charge in [0.2, 0.25) is 0 Å². The maximum absolute atomic E-state index is 9.26. The number of rotatable bonds is 3. The molecule has 17 heavy (non-hydrogen) atoms. The van der Waals surface area contributed by atoms with E-state index in [2.05, 4.69) is 36.3 Å². The van der Waals surface area contributed by atoms with Crippen molar-refractivity contribution in [1.29, 1.82) is 0 Å². The smallest absolute Gasteiger partial charge is 0.0718 e. The Morgan fingerprint density at radius 3 is 2.29 bits per heavy atom. The zero-order chi connectivity index (χ0) is 12.4. The van der Waals surface area contributed by atoms with Gasteiger partial charge in [-0.1, -0.05) is 29.8 Å². The van der Waals surface area contributed by atoms with Crippen LogP contribution in [0.25, 0.3) is 0 Å². The quantitative estimate of drug-likeness (QED) is 0.879. The van der Waals surface area contributed by atoms with Crippen molar-refractivity contribution in [1.82, 2.24) is 9.78 Å². The van der Waals surface area contributed by atoms with Crippen LogP contribution in [0.4, 0.5) is 0 Å². The molecule has 1 heterocycles. The molecule has 90 valence electrons. The molecule has 0 unspecified atom stereocenters. The van der Waals surface area contributed by atoms with E-state index >= 15 is 0 Å². The van der Waals surface area contributed by atoms with Gasteiger partial charge in [0.15, 0.2) is 0 Å². The lowest BCUT2D eigenvalue weighted by Crippen LogP contribution is -2.04. The Kier molecular flexibility index (Phi) is 3.29. The molecule has 1 N–H and O–H groups in total. The topological polar surface area (TPSA) is 38.0 Å². The van der Waals surface area contributed by atoms with Crippen LogP contribution >= 0.6 is 0 Å². The van der Waals surface area contributed by atoms with Crippen molar-refractivity contribution in [2.45, 2.75) is 33.9 Å². The van der Waals surface area contributed by atoms with Crippen LogP contribution < -0.4 is 0 Å². The lowest BCUT2D eigenvalue weighted by molar-refractivity contribution is 0.280. The summed E-state index contributed by atoms with van der Waals surface area (Å²) in [4.78, 5) is 0. The van der Waals surface area contributed by atoms with Crippen LogP contribution in [0.1, 0.15) is 28.1 Å². The normalized spacial score (nSPS) is 10.8. The molecule has 2 aromatic rings. The Morgan fingerprint density at radius 1 is 1.12 bits per heavy atom. The van der Waals surface area contributed by atoms with Gasteiger partial charge < -0.3 is 5.11 Å². The molecular weight excluding hydrogens is 212 g/mol. The van der Waals surface area contributed by atoms with Gasteiger partial charge in [-0.05, 0) is 26.3 Å². The summed E-state index contributed by atoms with van der Waals surface area (Å²) < 4.78 is 1.95. The van der Waals surface area contributed by atoms with E-state index in [0.29, 0.717) is 0 Å². The summed E-state index contributed by atoms with van der Waals surface area (Å²) in [5.74, 6) is 0. The fourth-order valence-corrected chi connectivity index (χ4v) is 1.98. The molecule has 0 bridgehead atoms. The number of aliphatic hydroxyl groups is 1. The molecule has 0 aliphatic heterocycles. The molecule has 0 atom stereocenters. The number of nitrogens with zero attached hydrogens (tertiary/aromatic N) is 2. The second kappa shape index (κ2) is 4.72. The molecule has 0 radical (unpaired) electrons. The van der Waals surface area contributed by atoms with E-state index in [9.17, 15) is 5.11 Å². The summed E-state index contributed by atoms with van der Waals surface area (Å²) in [6, 6.07) is 8.44. The molecule has 0 fully saturated rings. The molecule has 2 rings (SSSR count). The lowest BCUT2D eigenvalue weighted by Gasteiger charge is -2.05. The largest absolute Gasteiger partial charge is 0.392 e. The third-order valence-electron chi connectivity index (χ3n) is 3.14. The van der Waals surface area contributed by atoms with Crippen molar-refractivity contribution in [3.63, 3.8) is 0 Å². The number of aliphatic hydroxyl groups excluding tert-OH is 1. The van der Waals surface area contributed by atoms with Crippen molar-refractivity contribution in [3.8, 4) is 0 Å². The van der Waals surface area contributed by atoms with Gasteiger partial charge in [0.1, 0.15) is 0 Å². The van der Waals surface area contributed by atoms with Gasteiger partial charge in [-0.25, -0.2) is 0 Å². The third kappa shape index (κ3) is 2.39. The van der Waals surface area contributed by atoms with Gasteiger partial charge in [-0.15, -0.1) is 0 Å². The fraction of sp³-hybridized carbons (Fsp3) is 0.357. The van der Waals surface area contributed by atoms with Crippen molar-refractivity contribution in [2.75, 3.05) is 0 Å². The minimum atomic E-state index is 0.0611. The predicted molar refractivity (Wildman–Crippen MR) is 67.9 cm³/mol. The van der Waals surface area contributed by atoms with Crippen molar-refractivity contribution in [3.05, 3.63) is 52.3 Å². The molecule has 0 aliphatic carbocycles. The van der Waals surface area contributed by atoms with Crippen molar-refractivity contribution < 1.29 is 5.11 Å². The number of hydrogen-bond donors (Lipinski definition) is 1. The highest BCUT2D eigenvalue weighted by Gasteiger charge is 2.10. The molecular formula is C14H18N2O. The highest BCUT2D eigenvalue weighted by Crippen LogP contribution is 2.14. The highest BCUT2D eigenvalue weighted by molar-refractivity contribution is 5.26. The third-order valence-corrected chi connectivity index (χ3v) is 3.14. The SMILES string of the molecule is Cc1ccc(Cn2nc(C)c(CO)c2C)cc1. The van der Waals surface area contributed by atoms with Crippen LogP contribution in [0.15, 0.2) is 24.3 Å². The first-order valence-corrected chi connectivity index (χ1v) is 5.81. The molecule has 0 aliphatic rings. The van der Waals surface area contributed by atoms with Crippen LogP contribution in [-0.4, -0.2) is 14.9 Å². The van der Waals surface area contributed by atoms with Gasteiger partial charge in [0, 0.05) is 11.3 Å². The minimum absolute atomic E-state index is 0.0611. The second-order valence-corrected chi connectivity index (χ2v) is 4.45. The average Bonchev–Trinajstić information content (AvgIpc) is 2.57. The summed E-state index contributed by atoms with van der Waals surface area (Å²) in [6.45, 7) is 6.83. The zero-order valence-corrected chi connectivity index (χ0v) is 10.6. The fourth-order valence-electron chi connectivity index (χ4n) is 1.98. The van der Waals surface area contributed by atoms with Gasteiger partial charge in [-0.2, -0.15) is 5.10 Å². The molecule has 0 saturated carbocycles. The van der Waals surface area contributed by atoms with Crippen LogP contribution in [0.5, 0.6) is 0 Å². The van der Waals surface area contributed by atoms with Gasteiger partial charge in [0.05, 0.1) is 18.8 Å². The first kappa shape index (κ1) is 11.9. The number of aryl methyl sites for hydroxylation is 2. The van der Waals surface area contributed by atoms with Gasteiger partial charge in [0.25, 0.3) is 0 Å². The van der Waals surface area contributed by atoms with Crippen molar-refractivity contribution >= 4 is 0 Å². The minimum Gasteiger partial charge on any atom is -0.392 e. The second-order valence-electron chi connectivity index (χ2n) is 4.45. The first-order valence-electron chi connectivity index (χ1n) is 5.81. The summed E-state index contributed by atoms with van der Waals surface area (Å²) >= 11 is 0. The Labute approximate surface area is 102 Å². The van der Waals surface area contributed by atoms with Gasteiger partial charge in [-0.3, -0.25) is 4.68 Å². The van der Waals surface area contributed by atoms with E-state index in [4.69, 9.17) is 0 Å². The highest BCUT2D eigenvalue weighted by atomic mass is 16.3. The molecule has 1 aromatic heterocycles. The van der Waals surface area contributed by atoms with Crippen LogP contribution in [0.3, 0.4) is 0 Å². The first-order chi connectivity index (χ1) is 8.11. The summed E-state index contributed by atoms with van der Waals surface area (Å²) in [5.41, 5.74) is 5.39. The average molecular weight is 230 g/mol. The van der Waals surface area contributed by atoms with Crippen molar-refractivity contribution in [2.24, 2.45) is 0 Å². The Bertz CT molecular complexity index is 512. The maximum atomic E-state index is 9.26. The maximum Gasteiger partial charge on any atom is 0.0718 e. The molecule has 3 heteroatoms. The molecule has 0 amide bonds. The van der Waals surface area contributed by atoms with Crippen LogP contribution in [0, 0.1) is 20.8 Å². The molecule has 0 saturated heterocycles. The summed E-state index contributed by atoms with van der Waals surface area (Å²) in [7, 11) is 0. The van der Waals surface area contributed by atoms with E-state index in [-0.39, 0.29) is 6.61 Å². The van der Waals surface area contributed by atoms with E-state index in [1.807, 2.05) is 18.5 Å². The molecule has 1 aromatic carbocycles. The van der Waals surface area contributed by atoms with Gasteiger partial charge >= 0.3 is 0 Å². The molecule has 0 spiro atoms. The number of benzene rings is 1. The summed E-state index contributed by atoms with van der Waals surface area (Å²) in [6.07, 6.45) is 0. The Hall–Kier alpha value is -1.61. The predicted octanol–water partition coefficient (Wildman–Crippen LogP) is 2.35. The monoisotopic (exact) mass is 230 g/mol. The van der Waals surface area contributed by atoms with Crippen LogP contribution in [0.2, 0.25) is 0 Å². The van der Waals surface area contributed by atoms with E-state index in [1.54, 1.807) is 0 Å². The van der Waals surface area contributed by atoms with E-state index < -0.39 is 0 Å². The van der Waals surface area contributed by atoms with E-state index in [1.165, 1.54) is 11.1 Å². The standard InChI is InChI=1S/C14H18N2O/c1-10-4-6-13(7-5-10)8-16-12(3)14(9-17)11(2)15-16/h4-7,17H,8-9H2,1-3H3.